The second kappa shape index (κ2) is 5.91. The zero-order valence-corrected chi connectivity index (χ0v) is 12.2. The first kappa shape index (κ1) is 15.0. The van der Waals surface area contributed by atoms with Crippen molar-refractivity contribution in [1.82, 2.24) is 4.72 Å². The predicted octanol–water partition coefficient (Wildman–Crippen LogP) is 3.52. The zero-order valence-electron chi connectivity index (χ0n) is 10.7. The molecule has 0 bridgehead atoms. The molecule has 1 N–H and O–H groups in total. The van der Waals surface area contributed by atoms with Crippen LogP contribution >= 0.6 is 11.6 Å². The van der Waals surface area contributed by atoms with Crippen molar-refractivity contribution >= 4 is 21.6 Å². The van der Waals surface area contributed by atoms with E-state index in [9.17, 15) is 12.8 Å². The van der Waals surface area contributed by atoms with Crippen LogP contribution in [0.2, 0.25) is 5.02 Å². The van der Waals surface area contributed by atoms with Gasteiger partial charge in [-0.25, -0.2) is 17.5 Å². The molecule has 0 aliphatic rings. The lowest BCUT2D eigenvalue weighted by molar-refractivity contribution is 0.547. The van der Waals surface area contributed by atoms with Crippen LogP contribution in [-0.2, 0) is 10.0 Å². The lowest BCUT2D eigenvalue weighted by atomic mass is 10.1. The summed E-state index contributed by atoms with van der Waals surface area (Å²) in [4.78, 5) is -0.412. The number of benzene rings is 2. The highest BCUT2D eigenvalue weighted by atomic mass is 35.5. The average Bonchev–Trinajstić information content (AvgIpc) is 2.38. The third kappa shape index (κ3) is 3.36. The molecule has 2 aromatic carbocycles. The highest BCUT2D eigenvalue weighted by Gasteiger charge is 2.22. The molecule has 0 fully saturated rings. The fourth-order valence-electron chi connectivity index (χ4n) is 1.80. The number of hydrogen-bond donors (Lipinski definition) is 1. The molecule has 20 heavy (non-hydrogen) atoms. The van der Waals surface area contributed by atoms with E-state index in [1.807, 2.05) is 18.2 Å². The van der Waals surface area contributed by atoms with Gasteiger partial charge in [-0.1, -0.05) is 41.9 Å². The fraction of sp³-hybridized carbons (Fsp3) is 0.143. The molecule has 0 amide bonds. The summed E-state index contributed by atoms with van der Waals surface area (Å²) in [5.41, 5.74) is 0.797. The molecule has 106 valence electrons. The van der Waals surface area contributed by atoms with Gasteiger partial charge in [-0.2, -0.15) is 0 Å². The van der Waals surface area contributed by atoms with Crippen LogP contribution in [0.15, 0.2) is 53.4 Å². The molecular formula is C14H13ClFNO2S. The van der Waals surface area contributed by atoms with Crippen molar-refractivity contribution in [3.63, 3.8) is 0 Å². The first-order valence-electron chi connectivity index (χ1n) is 5.92. The van der Waals surface area contributed by atoms with E-state index in [4.69, 9.17) is 11.6 Å². The molecule has 2 aromatic rings. The molecule has 0 aliphatic heterocycles. The zero-order chi connectivity index (χ0) is 14.8. The molecule has 2 rings (SSSR count). The third-order valence-corrected chi connectivity index (χ3v) is 4.62. The Kier molecular flexibility index (Phi) is 4.42. The van der Waals surface area contributed by atoms with Crippen molar-refractivity contribution in [1.29, 1.82) is 0 Å². The molecule has 1 atom stereocenters. The fourth-order valence-corrected chi connectivity index (χ4v) is 3.25. The van der Waals surface area contributed by atoms with Gasteiger partial charge in [0.05, 0.1) is 0 Å². The van der Waals surface area contributed by atoms with Crippen LogP contribution in [0.4, 0.5) is 4.39 Å². The van der Waals surface area contributed by atoms with Gasteiger partial charge in [0.2, 0.25) is 10.0 Å². The lowest BCUT2D eigenvalue weighted by Crippen LogP contribution is -2.27. The second-order valence-electron chi connectivity index (χ2n) is 4.33. The minimum absolute atomic E-state index is 0.151. The van der Waals surface area contributed by atoms with Crippen molar-refractivity contribution in [2.45, 2.75) is 17.9 Å². The summed E-state index contributed by atoms with van der Waals surface area (Å²) in [5, 5.41) is 0.151. The Bertz CT molecular complexity index is 704. The smallest absolute Gasteiger partial charge is 0.207 e. The Morgan fingerprint density at radius 1 is 1.15 bits per heavy atom. The van der Waals surface area contributed by atoms with Crippen LogP contribution in [-0.4, -0.2) is 8.42 Å². The van der Waals surface area contributed by atoms with Gasteiger partial charge >= 0.3 is 0 Å². The van der Waals surface area contributed by atoms with Gasteiger partial charge in [0.15, 0.2) is 0 Å². The van der Waals surface area contributed by atoms with Gasteiger partial charge in [-0.3, -0.25) is 0 Å². The molecule has 0 heterocycles. The molecule has 0 aromatic heterocycles. The number of rotatable bonds is 4. The van der Waals surface area contributed by atoms with Gasteiger partial charge < -0.3 is 0 Å². The summed E-state index contributed by atoms with van der Waals surface area (Å²) in [7, 11) is -3.94. The van der Waals surface area contributed by atoms with E-state index in [1.54, 1.807) is 19.1 Å². The van der Waals surface area contributed by atoms with Crippen molar-refractivity contribution in [2.75, 3.05) is 0 Å². The third-order valence-electron chi connectivity index (χ3n) is 2.81. The quantitative estimate of drug-likeness (QED) is 0.938. The van der Waals surface area contributed by atoms with E-state index >= 15 is 0 Å². The SMILES string of the molecule is CC(NS(=O)(=O)c1ccc(Cl)cc1F)c1ccccc1. The molecule has 3 nitrogen and oxygen atoms in total. The standard InChI is InChI=1S/C14H13ClFNO2S/c1-10(11-5-3-2-4-6-11)17-20(18,19)14-8-7-12(15)9-13(14)16/h2-10,17H,1H3. The van der Waals surface area contributed by atoms with Crippen LogP contribution < -0.4 is 4.72 Å². The van der Waals surface area contributed by atoms with E-state index in [-0.39, 0.29) is 5.02 Å². The highest BCUT2D eigenvalue weighted by molar-refractivity contribution is 7.89. The van der Waals surface area contributed by atoms with Crippen LogP contribution in [0.3, 0.4) is 0 Å². The van der Waals surface area contributed by atoms with Crippen molar-refractivity contribution in [3.05, 3.63) is 64.9 Å². The summed E-state index contributed by atoms with van der Waals surface area (Å²) in [5.74, 6) is -0.870. The number of nitrogens with one attached hydrogen (secondary N) is 1. The molecule has 6 heteroatoms. The number of halogens is 2. The van der Waals surface area contributed by atoms with E-state index in [1.165, 1.54) is 6.07 Å². The predicted molar refractivity (Wildman–Crippen MR) is 76.6 cm³/mol. The normalized spacial score (nSPS) is 13.2. The summed E-state index contributed by atoms with van der Waals surface area (Å²) in [6, 6.07) is 12.1. The maximum Gasteiger partial charge on any atom is 0.244 e. The first-order valence-corrected chi connectivity index (χ1v) is 7.78. The van der Waals surface area contributed by atoms with Gasteiger partial charge in [0.1, 0.15) is 10.7 Å². The monoisotopic (exact) mass is 313 g/mol. The number of sulfonamides is 1. The van der Waals surface area contributed by atoms with Crippen molar-refractivity contribution in [3.8, 4) is 0 Å². The molecular weight excluding hydrogens is 301 g/mol. The van der Waals surface area contributed by atoms with Gasteiger partial charge in [0.25, 0.3) is 0 Å². The summed E-state index contributed by atoms with van der Waals surface area (Å²) >= 11 is 5.61. The molecule has 0 spiro atoms. The van der Waals surface area contributed by atoms with Crippen molar-refractivity contribution in [2.24, 2.45) is 0 Å². The van der Waals surface area contributed by atoms with Gasteiger partial charge in [0, 0.05) is 11.1 Å². The Labute approximate surface area is 122 Å². The molecule has 0 saturated heterocycles. The van der Waals surface area contributed by atoms with Crippen LogP contribution in [0.5, 0.6) is 0 Å². The van der Waals surface area contributed by atoms with Crippen LogP contribution in [0.1, 0.15) is 18.5 Å². The van der Waals surface area contributed by atoms with E-state index < -0.39 is 26.8 Å². The van der Waals surface area contributed by atoms with Crippen LogP contribution in [0, 0.1) is 5.82 Å². The first-order chi connectivity index (χ1) is 9.40. The Morgan fingerprint density at radius 3 is 2.40 bits per heavy atom. The van der Waals surface area contributed by atoms with Crippen molar-refractivity contribution < 1.29 is 12.8 Å². The molecule has 0 saturated carbocycles. The highest BCUT2D eigenvalue weighted by Crippen LogP contribution is 2.21. The maximum atomic E-state index is 13.7. The topological polar surface area (TPSA) is 46.2 Å². The average molecular weight is 314 g/mol. The second-order valence-corrected chi connectivity index (χ2v) is 6.45. The Morgan fingerprint density at radius 2 is 1.80 bits per heavy atom. The molecule has 0 radical (unpaired) electrons. The Hall–Kier alpha value is -1.43. The minimum atomic E-state index is -3.94. The van der Waals surface area contributed by atoms with E-state index in [0.717, 1.165) is 17.7 Å². The van der Waals surface area contributed by atoms with Gasteiger partial charge in [-0.05, 0) is 30.7 Å². The minimum Gasteiger partial charge on any atom is -0.207 e. The lowest BCUT2D eigenvalue weighted by Gasteiger charge is -2.15. The van der Waals surface area contributed by atoms with Gasteiger partial charge in [-0.15, -0.1) is 0 Å². The van der Waals surface area contributed by atoms with E-state index in [2.05, 4.69) is 4.72 Å². The van der Waals surface area contributed by atoms with Crippen LogP contribution in [0.25, 0.3) is 0 Å². The summed E-state index contributed by atoms with van der Waals surface area (Å²) in [6.45, 7) is 1.70. The maximum absolute atomic E-state index is 13.7. The number of hydrogen-bond acceptors (Lipinski definition) is 2. The molecule has 1 unspecified atom stereocenters. The largest absolute Gasteiger partial charge is 0.244 e. The Balaban J connectivity index is 2.28. The summed E-state index contributed by atoms with van der Waals surface area (Å²) in [6.07, 6.45) is 0. The molecule has 0 aliphatic carbocycles. The van der Waals surface area contributed by atoms with E-state index in [0.29, 0.717) is 0 Å². The summed E-state index contributed by atoms with van der Waals surface area (Å²) < 4.78 is 40.4.